The van der Waals surface area contributed by atoms with Gasteiger partial charge in [0.05, 0.1) is 0 Å². The lowest BCUT2D eigenvalue weighted by Crippen LogP contribution is -2.49. The maximum Gasteiger partial charge on any atom is 0.0120 e. The number of nitrogens with zero attached hydrogens (tertiary/aromatic N) is 2. The quantitative estimate of drug-likeness (QED) is 0.841. The van der Waals surface area contributed by atoms with Gasteiger partial charge in [-0.05, 0) is 92.5 Å². The first-order valence-corrected chi connectivity index (χ1v) is 9.19. The van der Waals surface area contributed by atoms with E-state index >= 15 is 0 Å². The monoisotopic (exact) mass is 295 g/mol. The van der Waals surface area contributed by atoms with E-state index in [0.29, 0.717) is 0 Å². The maximum atomic E-state index is 3.62. The van der Waals surface area contributed by atoms with Gasteiger partial charge in [-0.1, -0.05) is 6.42 Å². The van der Waals surface area contributed by atoms with Crippen LogP contribution in [0.5, 0.6) is 0 Å². The highest BCUT2D eigenvalue weighted by atomic mass is 15.2. The lowest BCUT2D eigenvalue weighted by atomic mass is 9.98. The van der Waals surface area contributed by atoms with E-state index < -0.39 is 0 Å². The number of hydrogen-bond donors (Lipinski definition) is 1. The maximum absolute atomic E-state index is 3.62. The van der Waals surface area contributed by atoms with Crippen molar-refractivity contribution in [3.05, 3.63) is 0 Å². The lowest BCUT2D eigenvalue weighted by molar-refractivity contribution is 0.0736. The summed E-state index contributed by atoms with van der Waals surface area (Å²) in [6.45, 7) is 15.6. The summed E-state index contributed by atoms with van der Waals surface area (Å²) >= 11 is 0. The van der Waals surface area contributed by atoms with E-state index in [4.69, 9.17) is 0 Å². The molecule has 1 atom stereocenters. The summed E-state index contributed by atoms with van der Waals surface area (Å²) in [6, 6.07) is 1.60. The number of hydrogen-bond acceptors (Lipinski definition) is 3. The number of nitrogens with one attached hydrogen (secondary N) is 1. The van der Waals surface area contributed by atoms with Crippen molar-refractivity contribution in [2.75, 3.05) is 32.7 Å². The van der Waals surface area contributed by atoms with E-state index in [-0.39, 0.29) is 5.54 Å². The molecule has 2 saturated heterocycles. The average Bonchev–Trinajstić information content (AvgIpc) is 2.47. The Kier molecular flexibility index (Phi) is 6.51. The molecule has 0 aromatic heterocycles. The van der Waals surface area contributed by atoms with Crippen molar-refractivity contribution < 1.29 is 0 Å². The molecule has 21 heavy (non-hydrogen) atoms. The largest absolute Gasteiger partial charge is 0.312 e. The molecule has 2 aliphatic heterocycles. The SMILES string of the molecule is CC(CCNC(C)(C)C)N1CCC(N2CCCCC2)CC1. The summed E-state index contributed by atoms with van der Waals surface area (Å²) in [7, 11) is 0. The van der Waals surface area contributed by atoms with Crippen molar-refractivity contribution in [1.82, 2.24) is 15.1 Å². The van der Waals surface area contributed by atoms with E-state index in [2.05, 4.69) is 42.8 Å². The van der Waals surface area contributed by atoms with E-state index in [9.17, 15) is 0 Å². The molecule has 0 aromatic rings. The minimum atomic E-state index is 0.251. The Bertz CT molecular complexity index is 283. The summed E-state index contributed by atoms with van der Waals surface area (Å²) in [5, 5.41) is 3.62. The van der Waals surface area contributed by atoms with Crippen LogP contribution < -0.4 is 5.32 Å². The zero-order chi connectivity index (χ0) is 15.3. The van der Waals surface area contributed by atoms with Gasteiger partial charge in [-0.3, -0.25) is 0 Å². The molecule has 0 bridgehead atoms. The predicted octanol–water partition coefficient (Wildman–Crippen LogP) is 3.10. The van der Waals surface area contributed by atoms with Crippen LogP contribution in [-0.4, -0.2) is 60.1 Å². The van der Waals surface area contributed by atoms with Crippen molar-refractivity contribution in [2.24, 2.45) is 0 Å². The third-order valence-electron chi connectivity index (χ3n) is 5.25. The Labute approximate surface area is 132 Å². The van der Waals surface area contributed by atoms with Crippen LogP contribution in [0.1, 0.15) is 66.2 Å². The zero-order valence-electron chi connectivity index (χ0n) is 14.8. The second-order valence-corrected chi connectivity index (χ2v) is 8.18. The van der Waals surface area contributed by atoms with Crippen molar-refractivity contribution in [3.63, 3.8) is 0 Å². The fourth-order valence-corrected chi connectivity index (χ4v) is 3.81. The van der Waals surface area contributed by atoms with Crippen LogP contribution in [0.25, 0.3) is 0 Å². The van der Waals surface area contributed by atoms with E-state index in [1.165, 1.54) is 64.7 Å². The minimum Gasteiger partial charge on any atom is -0.312 e. The Hall–Kier alpha value is -0.120. The van der Waals surface area contributed by atoms with Crippen LogP contribution >= 0.6 is 0 Å². The summed E-state index contributed by atoms with van der Waals surface area (Å²) in [5.41, 5.74) is 0.251. The number of piperidine rings is 2. The molecular weight excluding hydrogens is 258 g/mol. The highest BCUT2D eigenvalue weighted by Gasteiger charge is 2.27. The fourth-order valence-electron chi connectivity index (χ4n) is 3.81. The van der Waals surface area contributed by atoms with Crippen molar-refractivity contribution in [2.45, 2.75) is 83.8 Å². The average molecular weight is 296 g/mol. The van der Waals surface area contributed by atoms with Gasteiger partial charge in [0.1, 0.15) is 0 Å². The smallest absolute Gasteiger partial charge is 0.0120 e. The Morgan fingerprint density at radius 3 is 2.19 bits per heavy atom. The van der Waals surface area contributed by atoms with Crippen LogP contribution in [0.4, 0.5) is 0 Å². The van der Waals surface area contributed by atoms with Crippen LogP contribution in [0, 0.1) is 0 Å². The van der Waals surface area contributed by atoms with Gasteiger partial charge in [-0.25, -0.2) is 0 Å². The Morgan fingerprint density at radius 2 is 1.62 bits per heavy atom. The molecule has 0 amide bonds. The topological polar surface area (TPSA) is 18.5 Å². The van der Waals surface area contributed by atoms with Crippen molar-refractivity contribution in [3.8, 4) is 0 Å². The standard InChI is InChI=1S/C18H37N3/c1-16(8-11-19-18(2,3)4)20-14-9-17(10-15-20)21-12-6-5-7-13-21/h16-17,19H,5-15H2,1-4H3. The second-order valence-electron chi connectivity index (χ2n) is 8.18. The summed E-state index contributed by atoms with van der Waals surface area (Å²) in [6.07, 6.45) is 8.34. The molecular formula is C18H37N3. The van der Waals surface area contributed by atoms with Gasteiger partial charge < -0.3 is 15.1 Å². The molecule has 124 valence electrons. The minimum absolute atomic E-state index is 0.251. The lowest BCUT2D eigenvalue weighted by Gasteiger charge is -2.42. The fraction of sp³-hybridized carbons (Fsp3) is 1.00. The number of rotatable bonds is 5. The zero-order valence-corrected chi connectivity index (χ0v) is 14.8. The second kappa shape index (κ2) is 7.94. The van der Waals surface area contributed by atoms with Gasteiger partial charge in [0.25, 0.3) is 0 Å². The van der Waals surface area contributed by atoms with Crippen molar-refractivity contribution in [1.29, 1.82) is 0 Å². The molecule has 3 nitrogen and oxygen atoms in total. The van der Waals surface area contributed by atoms with E-state index in [0.717, 1.165) is 18.6 Å². The van der Waals surface area contributed by atoms with Gasteiger partial charge in [-0.15, -0.1) is 0 Å². The number of likely N-dealkylation sites (tertiary alicyclic amines) is 2. The Balaban J connectivity index is 1.65. The van der Waals surface area contributed by atoms with E-state index in [1.54, 1.807) is 0 Å². The molecule has 2 rings (SSSR count). The summed E-state index contributed by atoms with van der Waals surface area (Å²) in [5.74, 6) is 0. The first kappa shape index (κ1) is 17.2. The highest BCUT2D eigenvalue weighted by molar-refractivity contribution is 4.84. The van der Waals surface area contributed by atoms with Crippen molar-refractivity contribution >= 4 is 0 Å². The molecule has 3 heteroatoms. The molecule has 2 heterocycles. The predicted molar refractivity (Wildman–Crippen MR) is 91.9 cm³/mol. The van der Waals surface area contributed by atoms with Crippen LogP contribution in [0.15, 0.2) is 0 Å². The summed E-state index contributed by atoms with van der Waals surface area (Å²) in [4.78, 5) is 5.48. The molecule has 0 aromatic carbocycles. The van der Waals surface area contributed by atoms with Gasteiger partial charge in [0, 0.05) is 17.6 Å². The molecule has 2 fully saturated rings. The van der Waals surface area contributed by atoms with Crippen LogP contribution in [0.2, 0.25) is 0 Å². The summed E-state index contributed by atoms with van der Waals surface area (Å²) < 4.78 is 0. The highest BCUT2D eigenvalue weighted by Crippen LogP contribution is 2.22. The Morgan fingerprint density at radius 1 is 1.00 bits per heavy atom. The third kappa shape index (κ3) is 5.88. The molecule has 0 radical (unpaired) electrons. The first-order valence-electron chi connectivity index (χ1n) is 9.19. The molecule has 0 aliphatic carbocycles. The molecule has 1 N–H and O–H groups in total. The van der Waals surface area contributed by atoms with E-state index in [1.807, 2.05) is 0 Å². The molecule has 0 saturated carbocycles. The van der Waals surface area contributed by atoms with Gasteiger partial charge in [0.15, 0.2) is 0 Å². The molecule has 2 aliphatic rings. The van der Waals surface area contributed by atoms with Gasteiger partial charge >= 0.3 is 0 Å². The first-order chi connectivity index (χ1) is 9.96. The van der Waals surface area contributed by atoms with Gasteiger partial charge in [-0.2, -0.15) is 0 Å². The molecule has 0 spiro atoms. The van der Waals surface area contributed by atoms with Crippen LogP contribution in [-0.2, 0) is 0 Å². The van der Waals surface area contributed by atoms with Gasteiger partial charge in [0.2, 0.25) is 0 Å². The van der Waals surface area contributed by atoms with Crippen LogP contribution in [0.3, 0.4) is 0 Å². The third-order valence-corrected chi connectivity index (χ3v) is 5.25. The normalized spacial score (nSPS) is 25.1. The molecule has 1 unspecified atom stereocenters.